The first-order valence-corrected chi connectivity index (χ1v) is 6.76. The summed E-state index contributed by atoms with van der Waals surface area (Å²) in [5.41, 5.74) is 0. The van der Waals surface area contributed by atoms with Gasteiger partial charge in [-0.2, -0.15) is 0 Å². The summed E-state index contributed by atoms with van der Waals surface area (Å²) >= 11 is 17.0. The molecule has 0 aromatic rings. The van der Waals surface area contributed by atoms with E-state index in [4.69, 9.17) is 11.2 Å². The standard InChI is InChI=1S/ClH2PS3/c1-2(3,4)5/h(H2,3,4,5). The lowest BCUT2D eigenvalue weighted by molar-refractivity contribution is 4.91. The van der Waals surface area contributed by atoms with E-state index < -0.39 is 3.79 Å². The Hall–Kier alpha value is 1.64. The summed E-state index contributed by atoms with van der Waals surface area (Å²) in [5, 5.41) is 0. The highest BCUT2D eigenvalue weighted by atomic mass is 35.7. The third kappa shape index (κ3) is 27.8. The van der Waals surface area contributed by atoms with Gasteiger partial charge >= 0.3 is 0 Å². The molecular weight excluding hydrogens is 163 g/mol. The second-order valence-electron chi connectivity index (χ2n) is 0.473. The Bertz CT molecular complexity index is 53.0. The van der Waals surface area contributed by atoms with Gasteiger partial charge in [0.2, 0.25) is 0 Å². The number of rotatable bonds is 0. The maximum Gasteiger partial charge on any atom is 0.134 e. The Balaban J connectivity index is 3.47. The van der Waals surface area contributed by atoms with Gasteiger partial charge in [0, 0.05) is 0 Å². The van der Waals surface area contributed by atoms with Crippen LogP contribution in [0.5, 0.6) is 0 Å². The Kier molecular flexibility index (Phi) is 2.76. The molecule has 0 heterocycles. The molecule has 32 valence electrons. The third-order valence-electron chi connectivity index (χ3n) is 0. The van der Waals surface area contributed by atoms with E-state index in [2.05, 4.69) is 36.3 Å². The van der Waals surface area contributed by atoms with Crippen molar-refractivity contribution in [1.82, 2.24) is 0 Å². The Labute approximate surface area is 51.4 Å². The highest BCUT2D eigenvalue weighted by Gasteiger charge is 1.90. The van der Waals surface area contributed by atoms with E-state index in [0.717, 1.165) is 0 Å². The zero-order chi connectivity index (χ0) is 4.50. The van der Waals surface area contributed by atoms with Gasteiger partial charge in [-0.15, -0.1) is 24.5 Å². The predicted octanol–water partition coefficient (Wildman–Crippen LogP) is 2.31. The van der Waals surface area contributed by atoms with Crippen LogP contribution in [0.15, 0.2) is 0 Å². The van der Waals surface area contributed by atoms with Crippen molar-refractivity contribution in [1.29, 1.82) is 0 Å². The molecule has 0 saturated heterocycles. The van der Waals surface area contributed by atoms with Gasteiger partial charge in [0.25, 0.3) is 0 Å². The fourth-order valence-corrected chi connectivity index (χ4v) is 0. The summed E-state index contributed by atoms with van der Waals surface area (Å²) in [5.74, 6) is 0. The maximum atomic E-state index is 5.18. The van der Waals surface area contributed by atoms with E-state index >= 15 is 0 Å². The van der Waals surface area contributed by atoms with Crippen molar-refractivity contribution >= 4 is 51.3 Å². The fraction of sp³-hybridized carbons (Fsp3) is 0. The number of halogens is 1. The first-order valence-electron chi connectivity index (χ1n) is 0.752. The number of thiol groups is 2. The Morgan fingerprint density at radius 1 is 1.60 bits per heavy atom. The molecule has 0 spiro atoms. The molecule has 0 radical (unpaired) electrons. The van der Waals surface area contributed by atoms with Gasteiger partial charge < -0.3 is 0 Å². The fourth-order valence-electron chi connectivity index (χ4n) is 0. The summed E-state index contributed by atoms with van der Waals surface area (Å²) in [6, 6.07) is 0. The molecule has 0 aliphatic rings. The number of hydrogen-bond donors (Lipinski definition) is 2. The molecular formula is H2ClPS3. The first-order chi connectivity index (χ1) is 2.00. The van der Waals surface area contributed by atoms with Gasteiger partial charge in [-0.05, 0) is 0 Å². The average molecular weight is 165 g/mol. The van der Waals surface area contributed by atoms with Crippen LogP contribution < -0.4 is 0 Å². The summed E-state index contributed by atoms with van der Waals surface area (Å²) in [6.45, 7) is 0. The minimum Gasteiger partial charge on any atom is -0.117 e. The molecule has 0 unspecified atom stereocenters. The lowest BCUT2D eigenvalue weighted by atomic mass is 29.7. The van der Waals surface area contributed by atoms with Gasteiger partial charge in [-0.25, -0.2) is 0 Å². The van der Waals surface area contributed by atoms with Gasteiger partial charge in [-0.1, -0.05) is 23.0 Å². The molecule has 0 nitrogen and oxygen atoms in total. The SMILES string of the molecule is S=P(S)(S)Cl. The van der Waals surface area contributed by atoms with E-state index in [1.54, 1.807) is 0 Å². The molecule has 0 aromatic heterocycles. The Morgan fingerprint density at radius 3 is 1.60 bits per heavy atom. The lowest BCUT2D eigenvalue weighted by Crippen LogP contribution is -1.18. The Morgan fingerprint density at radius 2 is 1.60 bits per heavy atom. The molecule has 0 aliphatic carbocycles. The second-order valence-corrected chi connectivity index (χ2v) is 12.8. The van der Waals surface area contributed by atoms with E-state index in [-0.39, 0.29) is 0 Å². The van der Waals surface area contributed by atoms with E-state index in [9.17, 15) is 0 Å². The van der Waals surface area contributed by atoms with Gasteiger partial charge in [-0.3, -0.25) is 0 Å². The molecule has 5 heteroatoms. The van der Waals surface area contributed by atoms with E-state index in [1.807, 2.05) is 0 Å². The lowest BCUT2D eigenvalue weighted by Gasteiger charge is -1.85. The highest BCUT2D eigenvalue weighted by Crippen LogP contribution is 2.60. The van der Waals surface area contributed by atoms with Gasteiger partial charge in [0.05, 0.1) is 0 Å². The summed E-state index contributed by atoms with van der Waals surface area (Å²) in [4.78, 5) is 0. The second kappa shape index (κ2) is 2.08. The minimum atomic E-state index is -1.94. The highest BCUT2D eigenvalue weighted by molar-refractivity contribution is 8.99. The first kappa shape index (κ1) is 6.64. The van der Waals surface area contributed by atoms with Crippen molar-refractivity contribution in [2.24, 2.45) is 0 Å². The minimum absolute atomic E-state index is 1.94. The van der Waals surface area contributed by atoms with Crippen LogP contribution >= 0.6 is 39.5 Å². The van der Waals surface area contributed by atoms with Crippen molar-refractivity contribution < 1.29 is 0 Å². The van der Waals surface area contributed by atoms with Crippen LogP contribution in [0.2, 0.25) is 0 Å². The molecule has 0 amide bonds. The maximum absolute atomic E-state index is 5.18. The summed E-state index contributed by atoms with van der Waals surface area (Å²) < 4.78 is -1.94. The quantitative estimate of drug-likeness (QED) is 0.409. The summed E-state index contributed by atoms with van der Waals surface area (Å²) in [6.07, 6.45) is 0. The normalized spacial score (nSPS) is 11.8. The van der Waals surface area contributed by atoms with Crippen LogP contribution in [0.1, 0.15) is 0 Å². The van der Waals surface area contributed by atoms with Crippen LogP contribution in [0.3, 0.4) is 0 Å². The van der Waals surface area contributed by atoms with Gasteiger partial charge in [0.1, 0.15) is 3.79 Å². The van der Waals surface area contributed by atoms with Crippen LogP contribution in [-0.4, -0.2) is 0 Å². The summed E-state index contributed by atoms with van der Waals surface area (Å²) in [7, 11) is 0. The van der Waals surface area contributed by atoms with E-state index in [1.165, 1.54) is 0 Å². The number of hydrogen-bond acceptors (Lipinski definition) is 1. The van der Waals surface area contributed by atoms with Crippen molar-refractivity contribution in [2.75, 3.05) is 0 Å². The van der Waals surface area contributed by atoms with Crippen molar-refractivity contribution in [2.45, 2.75) is 0 Å². The smallest absolute Gasteiger partial charge is 0.117 e. The monoisotopic (exact) mass is 164 g/mol. The largest absolute Gasteiger partial charge is 0.134 e. The van der Waals surface area contributed by atoms with Crippen LogP contribution in [0.4, 0.5) is 0 Å². The van der Waals surface area contributed by atoms with Crippen molar-refractivity contribution in [3.63, 3.8) is 0 Å². The van der Waals surface area contributed by atoms with Gasteiger partial charge in [0.15, 0.2) is 0 Å². The molecule has 0 bridgehead atoms. The zero-order valence-electron chi connectivity index (χ0n) is 2.13. The molecule has 0 atom stereocenters. The molecule has 0 fully saturated rings. The molecule has 0 aliphatic heterocycles. The topological polar surface area (TPSA) is 0 Å². The van der Waals surface area contributed by atoms with Crippen LogP contribution in [0, 0.1) is 0 Å². The molecule has 0 saturated carbocycles. The molecule has 5 heavy (non-hydrogen) atoms. The molecule has 0 N–H and O–H groups in total. The van der Waals surface area contributed by atoms with E-state index in [0.29, 0.717) is 0 Å². The van der Waals surface area contributed by atoms with Crippen LogP contribution in [0.25, 0.3) is 0 Å². The van der Waals surface area contributed by atoms with Crippen molar-refractivity contribution in [3.05, 3.63) is 0 Å². The van der Waals surface area contributed by atoms with Crippen LogP contribution in [-0.2, 0) is 11.8 Å². The molecule has 0 aromatic carbocycles. The average Bonchev–Trinajstić information content (AvgIpc) is 0.722. The zero-order valence-corrected chi connectivity index (χ0v) is 6.38. The third-order valence-corrected chi connectivity index (χ3v) is 0. The predicted molar refractivity (Wildman–Crippen MR) is 38.1 cm³/mol. The molecule has 0 rings (SSSR count). The van der Waals surface area contributed by atoms with Crippen molar-refractivity contribution in [3.8, 4) is 0 Å².